The van der Waals surface area contributed by atoms with Gasteiger partial charge in [-0.15, -0.1) is 0 Å². The van der Waals surface area contributed by atoms with Crippen LogP contribution in [0.1, 0.15) is 43.2 Å². The summed E-state index contributed by atoms with van der Waals surface area (Å²) in [6.07, 6.45) is 5.61. The first-order valence-electron chi connectivity index (χ1n) is 7.18. The van der Waals surface area contributed by atoms with Gasteiger partial charge in [-0.3, -0.25) is 0 Å². The average molecular weight is 279 g/mol. The molecule has 0 amide bonds. The van der Waals surface area contributed by atoms with Gasteiger partial charge in [0.05, 0.1) is 20.8 Å². The van der Waals surface area contributed by atoms with Crippen molar-refractivity contribution in [3.05, 3.63) is 23.3 Å². The quantitative estimate of drug-likeness (QED) is 0.900. The van der Waals surface area contributed by atoms with Gasteiger partial charge in [-0.05, 0) is 18.9 Å². The highest BCUT2D eigenvalue weighted by Crippen LogP contribution is 2.42. The highest BCUT2D eigenvalue weighted by molar-refractivity contribution is 5.49. The predicted octanol–water partition coefficient (Wildman–Crippen LogP) is 2.97. The van der Waals surface area contributed by atoms with Gasteiger partial charge in [-0.25, -0.2) is 0 Å². The van der Waals surface area contributed by atoms with Gasteiger partial charge in [0.1, 0.15) is 11.5 Å². The van der Waals surface area contributed by atoms with Crippen LogP contribution in [0.25, 0.3) is 0 Å². The van der Waals surface area contributed by atoms with E-state index in [0.29, 0.717) is 6.61 Å². The molecule has 1 aromatic rings. The van der Waals surface area contributed by atoms with E-state index >= 15 is 0 Å². The van der Waals surface area contributed by atoms with Gasteiger partial charge in [0.2, 0.25) is 0 Å². The second-order valence-electron chi connectivity index (χ2n) is 5.51. The molecule has 2 N–H and O–H groups in total. The highest BCUT2D eigenvalue weighted by atomic mass is 16.5. The molecule has 2 rings (SSSR count). The number of nitrogens with two attached hydrogens (primary N) is 1. The summed E-state index contributed by atoms with van der Waals surface area (Å²) in [6.45, 7) is 0.510. The summed E-state index contributed by atoms with van der Waals surface area (Å²) >= 11 is 0. The van der Waals surface area contributed by atoms with Crippen molar-refractivity contribution in [2.24, 2.45) is 5.73 Å². The molecular formula is C16H25NO3. The molecule has 0 unspecified atom stereocenters. The van der Waals surface area contributed by atoms with E-state index in [4.69, 9.17) is 19.9 Å². The van der Waals surface area contributed by atoms with Gasteiger partial charge < -0.3 is 19.9 Å². The Labute approximate surface area is 121 Å². The van der Waals surface area contributed by atoms with E-state index in [2.05, 4.69) is 6.07 Å². The van der Waals surface area contributed by atoms with Crippen LogP contribution in [0, 0.1) is 0 Å². The van der Waals surface area contributed by atoms with Gasteiger partial charge in [-0.1, -0.05) is 19.3 Å². The Balaban J connectivity index is 2.46. The molecule has 0 spiro atoms. The van der Waals surface area contributed by atoms with Gasteiger partial charge >= 0.3 is 0 Å². The number of rotatable bonds is 5. The SMILES string of the molecule is COCc1cc(C2(N)CCCCC2)c(OC)cc1OC. The third-order valence-electron chi connectivity index (χ3n) is 4.18. The molecule has 0 bridgehead atoms. The maximum absolute atomic E-state index is 6.65. The minimum Gasteiger partial charge on any atom is -0.496 e. The minimum atomic E-state index is -0.293. The van der Waals surface area contributed by atoms with Gasteiger partial charge in [0, 0.05) is 29.8 Å². The molecule has 0 aliphatic heterocycles. The van der Waals surface area contributed by atoms with Crippen molar-refractivity contribution in [1.29, 1.82) is 0 Å². The third kappa shape index (κ3) is 2.91. The molecule has 1 aliphatic carbocycles. The van der Waals surface area contributed by atoms with Crippen LogP contribution >= 0.6 is 0 Å². The number of ether oxygens (including phenoxy) is 3. The van der Waals surface area contributed by atoms with Crippen molar-refractivity contribution in [2.45, 2.75) is 44.2 Å². The fraction of sp³-hybridized carbons (Fsp3) is 0.625. The van der Waals surface area contributed by atoms with Gasteiger partial charge in [-0.2, -0.15) is 0 Å². The zero-order valence-electron chi connectivity index (χ0n) is 12.7. The van der Waals surface area contributed by atoms with Crippen molar-refractivity contribution in [2.75, 3.05) is 21.3 Å². The molecule has 0 atom stereocenters. The summed E-state index contributed by atoms with van der Waals surface area (Å²) in [5.41, 5.74) is 8.45. The molecule has 0 aromatic heterocycles. The van der Waals surface area contributed by atoms with Crippen LogP contribution in [-0.2, 0) is 16.9 Å². The third-order valence-corrected chi connectivity index (χ3v) is 4.18. The van der Waals surface area contributed by atoms with E-state index in [-0.39, 0.29) is 5.54 Å². The smallest absolute Gasteiger partial charge is 0.128 e. The van der Waals surface area contributed by atoms with E-state index in [1.54, 1.807) is 21.3 Å². The Hall–Kier alpha value is -1.26. The van der Waals surface area contributed by atoms with Crippen LogP contribution in [0.2, 0.25) is 0 Å². The first kappa shape index (κ1) is 15.1. The maximum atomic E-state index is 6.65. The summed E-state index contributed by atoms with van der Waals surface area (Å²) in [7, 11) is 5.02. The molecule has 112 valence electrons. The van der Waals surface area contributed by atoms with Crippen molar-refractivity contribution in [3.63, 3.8) is 0 Å². The van der Waals surface area contributed by atoms with Crippen LogP contribution in [0.3, 0.4) is 0 Å². The zero-order chi connectivity index (χ0) is 14.6. The summed E-state index contributed by atoms with van der Waals surface area (Å²) < 4.78 is 16.2. The largest absolute Gasteiger partial charge is 0.496 e. The van der Waals surface area contributed by atoms with Crippen LogP contribution in [0.4, 0.5) is 0 Å². The second-order valence-corrected chi connectivity index (χ2v) is 5.51. The van der Waals surface area contributed by atoms with E-state index in [9.17, 15) is 0 Å². The van der Waals surface area contributed by atoms with E-state index in [0.717, 1.165) is 35.5 Å². The normalized spacial score (nSPS) is 17.8. The van der Waals surface area contributed by atoms with Crippen molar-refractivity contribution >= 4 is 0 Å². The fourth-order valence-corrected chi connectivity index (χ4v) is 3.07. The van der Waals surface area contributed by atoms with Gasteiger partial charge in [0.15, 0.2) is 0 Å². The average Bonchev–Trinajstić information content (AvgIpc) is 2.48. The Morgan fingerprint density at radius 2 is 1.65 bits per heavy atom. The molecular weight excluding hydrogens is 254 g/mol. The highest BCUT2D eigenvalue weighted by Gasteiger charge is 2.33. The molecule has 1 saturated carbocycles. The van der Waals surface area contributed by atoms with Crippen molar-refractivity contribution in [3.8, 4) is 11.5 Å². The molecule has 4 heteroatoms. The second kappa shape index (κ2) is 6.46. The molecule has 1 fully saturated rings. The van der Waals surface area contributed by atoms with Crippen LogP contribution < -0.4 is 15.2 Å². The molecule has 0 radical (unpaired) electrons. The molecule has 1 aromatic carbocycles. The molecule has 4 nitrogen and oxygen atoms in total. The van der Waals surface area contributed by atoms with Gasteiger partial charge in [0.25, 0.3) is 0 Å². The summed E-state index contributed by atoms with van der Waals surface area (Å²) in [4.78, 5) is 0. The number of methoxy groups -OCH3 is 3. The van der Waals surface area contributed by atoms with Crippen LogP contribution in [-0.4, -0.2) is 21.3 Å². The molecule has 0 saturated heterocycles. The fourth-order valence-electron chi connectivity index (χ4n) is 3.07. The van der Waals surface area contributed by atoms with E-state index in [1.807, 2.05) is 6.07 Å². The zero-order valence-corrected chi connectivity index (χ0v) is 12.7. The standard InChI is InChI=1S/C16H25NO3/c1-18-11-12-9-13(15(20-3)10-14(12)19-2)16(17)7-5-4-6-8-16/h9-10H,4-8,11,17H2,1-3H3. The topological polar surface area (TPSA) is 53.7 Å². The predicted molar refractivity (Wildman–Crippen MR) is 79.2 cm³/mol. The van der Waals surface area contributed by atoms with Crippen LogP contribution in [0.5, 0.6) is 11.5 Å². The Morgan fingerprint density at radius 1 is 1.00 bits per heavy atom. The minimum absolute atomic E-state index is 0.293. The van der Waals surface area contributed by atoms with Crippen LogP contribution in [0.15, 0.2) is 12.1 Å². The Bertz CT molecular complexity index is 453. The van der Waals surface area contributed by atoms with Crippen molar-refractivity contribution in [1.82, 2.24) is 0 Å². The summed E-state index contributed by atoms with van der Waals surface area (Å²) in [6, 6.07) is 4.01. The van der Waals surface area contributed by atoms with E-state index < -0.39 is 0 Å². The van der Waals surface area contributed by atoms with Crippen molar-refractivity contribution < 1.29 is 14.2 Å². The lowest BCUT2D eigenvalue weighted by Gasteiger charge is -2.35. The lowest BCUT2D eigenvalue weighted by molar-refractivity contribution is 0.181. The lowest BCUT2D eigenvalue weighted by atomic mass is 9.76. The first-order chi connectivity index (χ1) is 9.64. The lowest BCUT2D eigenvalue weighted by Crippen LogP contribution is -2.39. The summed E-state index contributed by atoms with van der Waals surface area (Å²) in [5, 5.41) is 0. The first-order valence-corrected chi connectivity index (χ1v) is 7.18. The molecule has 0 heterocycles. The maximum Gasteiger partial charge on any atom is 0.128 e. The monoisotopic (exact) mass is 279 g/mol. The van der Waals surface area contributed by atoms with E-state index in [1.165, 1.54) is 19.3 Å². The Morgan fingerprint density at radius 3 is 2.20 bits per heavy atom. The Kier molecular flexibility index (Phi) is 4.89. The molecule has 1 aliphatic rings. The number of hydrogen-bond donors (Lipinski definition) is 1. The number of hydrogen-bond acceptors (Lipinski definition) is 4. The number of benzene rings is 1. The molecule has 20 heavy (non-hydrogen) atoms. The summed E-state index contributed by atoms with van der Waals surface area (Å²) in [5.74, 6) is 1.60.